The number of carbonyl (C=O) groups excluding carboxylic acids is 1. The van der Waals surface area contributed by atoms with Crippen molar-refractivity contribution in [2.45, 2.75) is 13.5 Å². The van der Waals surface area contributed by atoms with Crippen molar-refractivity contribution in [3.63, 3.8) is 0 Å². The third kappa shape index (κ3) is 4.55. The van der Waals surface area contributed by atoms with Crippen LogP contribution >= 0.6 is 11.6 Å². The molecule has 3 aromatic rings. The molecule has 5 nitrogen and oxygen atoms in total. The number of carbonyl (C=O) groups is 1. The summed E-state index contributed by atoms with van der Waals surface area (Å²) < 4.78 is 0. The number of hydrogen-bond acceptors (Lipinski definition) is 4. The van der Waals surface area contributed by atoms with E-state index in [9.17, 15) is 4.79 Å². The molecule has 0 radical (unpaired) electrons. The van der Waals surface area contributed by atoms with Crippen LogP contribution in [-0.4, -0.2) is 15.9 Å². The van der Waals surface area contributed by atoms with E-state index < -0.39 is 0 Å². The van der Waals surface area contributed by atoms with E-state index in [1.165, 1.54) is 0 Å². The highest BCUT2D eigenvalue weighted by Crippen LogP contribution is 2.20. The largest absolute Gasteiger partial charge is 0.380 e. The summed E-state index contributed by atoms with van der Waals surface area (Å²) >= 11 is 6.07. The van der Waals surface area contributed by atoms with Gasteiger partial charge in [0.25, 0.3) is 5.91 Å². The summed E-state index contributed by atoms with van der Waals surface area (Å²) in [5.41, 5.74) is 3.90. The van der Waals surface area contributed by atoms with Crippen LogP contribution in [0.15, 0.2) is 61.1 Å². The lowest BCUT2D eigenvalue weighted by Crippen LogP contribution is -2.13. The molecule has 0 aliphatic rings. The molecule has 3 rings (SSSR count). The van der Waals surface area contributed by atoms with Gasteiger partial charge in [0.15, 0.2) is 0 Å². The molecule has 126 valence electrons. The number of benzene rings is 1. The summed E-state index contributed by atoms with van der Waals surface area (Å²) in [6.45, 7) is 2.57. The molecule has 1 aromatic carbocycles. The third-order valence-electron chi connectivity index (χ3n) is 3.67. The van der Waals surface area contributed by atoms with Gasteiger partial charge >= 0.3 is 0 Å². The van der Waals surface area contributed by atoms with Gasteiger partial charge in [-0.05, 0) is 54.4 Å². The number of anilines is 2. The third-order valence-corrected chi connectivity index (χ3v) is 4.08. The average Bonchev–Trinajstić information content (AvgIpc) is 2.64. The van der Waals surface area contributed by atoms with E-state index in [4.69, 9.17) is 11.6 Å². The highest BCUT2D eigenvalue weighted by atomic mass is 35.5. The van der Waals surface area contributed by atoms with Crippen molar-refractivity contribution in [2.24, 2.45) is 0 Å². The summed E-state index contributed by atoms with van der Waals surface area (Å²) in [6, 6.07) is 12.8. The van der Waals surface area contributed by atoms with Crippen molar-refractivity contribution >= 4 is 28.9 Å². The van der Waals surface area contributed by atoms with E-state index >= 15 is 0 Å². The predicted molar refractivity (Wildman–Crippen MR) is 99.9 cm³/mol. The van der Waals surface area contributed by atoms with Crippen LogP contribution in [0.2, 0.25) is 5.02 Å². The Morgan fingerprint density at radius 2 is 1.84 bits per heavy atom. The van der Waals surface area contributed by atoms with E-state index in [-0.39, 0.29) is 5.91 Å². The van der Waals surface area contributed by atoms with Crippen LogP contribution in [0.25, 0.3) is 0 Å². The van der Waals surface area contributed by atoms with Crippen molar-refractivity contribution in [3.8, 4) is 0 Å². The van der Waals surface area contributed by atoms with Crippen LogP contribution in [0, 0.1) is 6.92 Å². The number of aryl methyl sites for hydroxylation is 1. The van der Waals surface area contributed by atoms with Gasteiger partial charge < -0.3 is 10.6 Å². The predicted octanol–water partition coefficient (Wildman–Crippen LogP) is 4.30. The second kappa shape index (κ2) is 7.77. The number of nitrogens with one attached hydrogen (secondary N) is 2. The lowest BCUT2D eigenvalue weighted by molar-refractivity contribution is 0.102. The van der Waals surface area contributed by atoms with E-state index in [0.29, 0.717) is 22.9 Å². The number of aromatic nitrogens is 2. The van der Waals surface area contributed by atoms with Crippen molar-refractivity contribution < 1.29 is 4.79 Å². The van der Waals surface area contributed by atoms with E-state index in [1.54, 1.807) is 30.7 Å². The lowest BCUT2D eigenvalue weighted by atomic mass is 10.2. The molecule has 0 saturated heterocycles. The first-order valence-electron chi connectivity index (χ1n) is 7.78. The van der Waals surface area contributed by atoms with Crippen LogP contribution in [-0.2, 0) is 6.54 Å². The number of hydrogen-bond donors (Lipinski definition) is 2. The Labute approximate surface area is 151 Å². The van der Waals surface area contributed by atoms with Gasteiger partial charge in [0.05, 0.1) is 11.9 Å². The molecule has 2 heterocycles. The maximum atomic E-state index is 12.3. The van der Waals surface area contributed by atoms with Gasteiger partial charge in [-0.1, -0.05) is 17.7 Å². The number of nitrogens with zero attached hydrogens (tertiary/aromatic N) is 2. The first-order valence-corrected chi connectivity index (χ1v) is 8.16. The average molecular weight is 353 g/mol. The van der Waals surface area contributed by atoms with Crippen molar-refractivity contribution in [3.05, 3.63) is 82.9 Å². The standard InChI is InChI=1S/C19H17ClN4O/c1-13-2-3-15(10-17(13)20)24-19(25)18-5-4-16(12-23-18)22-11-14-6-8-21-9-7-14/h2-10,12,22H,11H2,1H3,(H,24,25). The Morgan fingerprint density at radius 3 is 2.52 bits per heavy atom. The van der Waals surface area contributed by atoms with Gasteiger partial charge in [0, 0.05) is 29.6 Å². The Balaban J connectivity index is 1.61. The summed E-state index contributed by atoms with van der Waals surface area (Å²) in [4.78, 5) is 20.4. The Bertz CT molecular complexity index is 866. The fourth-order valence-electron chi connectivity index (χ4n) is 2.20. The fraction of sp³-hybridized carbons (Fsp3) is 0.105. The second-order valence-corrected chi connectivity index (χ2v) is 5.97. The van der Waals surface area contributed by atoms with Gasteiger partial charge in [-0.2, -0.15) is 0 Å². The number of rotatable bonds is 5. The number of halogens is 1. The molecular weight excluding hydrogens is 336 g/mol. The molecule has 0 saturated carbocycles. The van der Waals surface area contributed by atoms with Crippen LogP contribution in [0.5, 0.6) is 0 Å². The Hall–Kier alpha value is -2.92. The number of pyridine rings is 2. The van der Waals surface area contributed by atoms with Crippen LogP contribution in [0.4, 0.5) is 11.4 Å². The first-order chi connectivity index (χ1) is 12.1. The molecule has 0 bridgehead atoms. The zero-order valence-electron chi connectivity index (χ0n) is 13.7. The number of amides is 1. The van der Waals surface area contributed by atoms with Gasteiger partial charge in [-0.3, -0.25) is 9.78 Å². The van der Waals surface area contributed by atoms with Crippen LogP contribution < -0.4 is 10.6 Å². The fourth-order valence-corrected chi connectivity index (χ4v) is 2.38. The zero-order valence-corrected chi connectivity index (χ0v) is 14.4. The van der Waals surface area contributed by atoms with Gasteiger partial charge in [0.2, 0.25) is 0 Å². The molecule has 6 heteroatoms. The summed E-state index contributed by atoms with van der Waals surface area (Å²) in [6.07, 6.45) is 5.14. The van der Waals surface area contributed by atoms with Gasteiger partial charge in [-0.25, -0.2) is 4.98 Å². The topological polar surface area (TPSA) is 66.9 Å². The molecule has 25 heavy (non-hydrogen) atoms. The van der Waals surface area contributed by atoms with Crippen molar-refractivity contribution in [1.82, 2.24) is 9.97 Å². The molecule has 0 aliphatic carbocycles. The van der Waals surface area contributed by atoms with Gasteiger partial charge in [-0.15, -0.1) is 0 Å². The second-order valence-electron chi connectivity index (χ2n) is 5.56. The smallest absolute Gasteiger partial charge is 0.274 e. The van der Waals surface area contributed by atoms with E-state index in [0.717, 1.165) is 16.8 Å². The van der Waals surface area contributed by atoms with Crippen LogP contribution in [0.1, 0.15) is 21.6 Å². The first kappa shape index (κ1) is 16.9. The summed E-state index contributed by atoms with van der Waals surface area (Å²) in [5.74, 6) is -0.277. The lowest BCUT2D eigenvalue weighted by Gasteiger charge is -2.08. The Morgan fingerprint density at radius 1 is 1.08 bits per heavy atom. The van der Waals surface area contributed by atoms with Crippen molar-refractivity contribution in [2.75, 3.05) is 10.6 Å². The highest BCUT2D eigenvalue weighted by molar-refractivity contribution is 6.31. The molecule has 0 fully saturated rings. The monoisotopic (exact) mass is 352 g/mol. The molecule has 0 spiro atoms. The maximum Gasteiger partial charge on any atom is 0.274 e. The molecule has 0 unspecified atom stereocenters. The maximum absolute atomic E-state index is 12.3. The van der Waals surface area contributed by atoms with E-state index in [2.05, 4.69) is 20.6 Å². The molecule has 1 amide bonds. The quantitative estimate of drug-likeness (QED) is 0.718. The molecule has 2 N–H and O–H groups in total. The van der Waals surface area contributed by atoms with Crippen molar-refractivity contribution in [1.29, 1.82) is 0 Å². The minimum atomic E-state index is -0.277. The van der Waals surface area contributed by atoms with Gasteiger partial charge in [0.1, 0.15) is 5.69 Å². The van der Waals surface area contributed by atoms with Crippen LogP contribution in [0.3, 0.4) is 0 Å². The molecule has 2 aromatic heterocycles. The molecular formula is C19H17ClN4O. The molecule has 0 aliphatic heterocycles. The minimum absolute atomic E-state index is 0.277. The summed E-state index contributed by atoms with van der Waals surface area (Å²) in [7, 11) is 0. The minimum Gasteiger partial charge on any atom is -0.380 e. The normalized spacial score (nSPS) is 10.3. The zero-order chi connectivity index (χ0) is 17.6. The Kier molecular flexibility index (Phi) is 5.26. The SMILES string of the molecule is Cc1ccc(NC(=O)c2ccc(NCc3ccncc3)cn2)cc1Cl. The van der Waals surface area contributed by atoms with E-state index in [1.807, 2.05) is 37.3 Å². The molecule has 0 atom stereocenters. The highest BCUT2D eigenvalue weighted by Gasteiger charge is 2.08. The summed E-state index contributed by atoms with van der Waals surface area (Å²) in [5, 5.41) is 6.65.